The topological polar surface area (TPSA) is 18.5 Å². The number of nitrogens with one attached hydrogen (secondary N) is 1. The Labute approximate surface area is 113 Å². The molecule has 1 N–H and O–H groups in total. The van der Waals surface area contributed by atoms with E-state index in [1.165, 1.54) is 51.7 Å². The van der Waals surface area contributed by atoms with Gasteiger partial charge in [-0.05, 0) is 39.8 Å². The largest absolute Gasteiger partial charge is 0.318 e. The maximum atomic E-state index is 3.39. The molecule has 2 saturated heterocycles. The Morgan fingerprint density at radius 3 is 2.83 bits per heavy atom. The molecule has 3 heteroatoms. The van der Waals surface area contributed by atoms with Gasteiger partial charge < -0.3 is 5.32 Å². The molecule has 3 atom stereocenters. The highest BCUT2D eigenvalue weighted by molar-refractivity contribution is 4.92. The number of nitrogens with zero attached hydrogens (tertiary/aromatic N) is 2. The van der Waals surface area contributed by atoms with Gasteiger partial charge in [-0.2, -0.15) is 0 Å². The first-order valence-electron chi connectivity index (χ1n) is 7.90. The van der Waals surface area contributed by atoms with Gasteiger partial charge in [-0.25, -0.2) is 0 Å². The Morgan fingerprint density at radius 1 is 1.28 bits per heavy atom. The normalized spacial score (nSPS) is 32.2. The van der Waals surface area contributed by atoms with Gasteiger partial charge in [0.2, 0.25) is 0 Å². The lowest BCUT2D eigenvalue weighted by molar-refractivity contribution is -0.00923. The Balaban J connectivity index is 1.97. The molecule has 2 aliphatic heterocycles. The van der Waals surface area contributed by atoms with Gasteiger partial charge in [-0.15, -0.1) is 0 Å². The third kappa shape index (κ3) is 3.25. The SMILES string of the molecule is CCCC(CNC)N1CC2CCCCN2CC1C. The van der Waals surface area contributed by atoms with Gasteiger partial charge >= 0.3 is 0 Å². The minimum Gasteiger partial charge on any atom is -0.318 e. The van der Waals surface area contributed by atoms with Crippen LogP contribution in [-0.2, 0) is 0 Å². The first-order valence-corrected chi connectivity index (χ1v) is 7.90. The lowest BCUT2D eigenvalue weighted by atomic mass is 9.95. The summed E-state index contributed by atoms with van der Waals surface area (Å²) in [6, 6.07) is 2.30. The van der Waals surface area contributed by atoms with E-state index in [2.05, 4.69) is 36.0 Å². The number of hydrogen-bond donors (Lipinski definition) is 1. The molecule has 18 heavy (non-hydrogen) atoms. The first-order chi connectivity index (χ1) is 8.76. The zero-order valence-electron chi connectivity index (χ0n) is 12.5. The molecule has 2 aliphatic rings. The van der Waals surface area contributed by atoms with E-state index in [-0.39, 0.29) is 0 Å². The molecule has 0 saturated carbocycles. The van der Waals surface area contributed by atoms with Crippen molar-refractivity contribution in [2.24, 2.45) is 0 Å². The predicted octanol–water partition coefficient (Wildman–Crippen LogP) is 1.93. The van der Waals surface area contributed by atoms with E-state index in [0.717, 1.165) is 24.7 Å². The van der Waals surface area contributed by atoms with Crippen LogP contribution in [0.15, 0.2) is 0 Å². The minimum absolute atomic E-state index is 0.726. The van der Waals surface area contributed by atoms with Crippen molar-refractivity contribution in [3.05, 3.63) is 0 Å². The molecule has 2 heterocycles. The maximum absolute atomic E-state index is 3.39. The molecule has 0 bridgehead atoms. The monoisotopic (exact) mass is 253 g/mol. The highest BCUT2D eigenvalue weighted by Gasteiger charge is 2.35. The molecule has 0 amide bonds. The van der Waals surface area contributed by atoms with Gasteiger partial charge in [-0.3, -0.25) is 9.80 Å². The van der Waals surface area contributed by atoms with Crippen molar-refractivity contribution < 1.29 is 0 Å². The van der Waals surface area contributed by atoms with Crippen LogP contribution in [0.2, 0.25) is 0 Å². The highest BCUT2D eigenvalue weighted by Crippen LogP contribution is 2.26. The summed E-state index contributed by atoms with van der Waals surface area (Å²) in [7, 11) is 2.09. The summed E-state index contributed by atoms with van der Waals surface area (Å²) in [6.07, 6.45) is 6.90. The summed E-state index contributed by atoms with van der Waals surface area (Å²) < 4.78 is 0. The Morgan fingerprint density at radius 2 is 2.11 bits per heavy atom. The Kier molecular flexibility index (Phi) is 5.46. The number of piperidine rings is 1. The average Bonchev–Trinajstić information content (AvgIpc) is 2.38. The van der Waals surface area contributed by atoms with Crippen molar-refractivity contribution in [2.75, 3.05) is 33.2 Å². The van der Waals surface area contributed by atoms with E-state index >= 15 is 0 Å². The van der Waals surface area contributed by atoms with Crippen molar-refractivity contribution in [1.82, 2.24) is 15.1 Å². The summed E-state index contributed by atoms with van der Waals surface area (Å²) >= 11 is 0. The minimum atomic E-state index is 0.726. The van der Waals surface area contributed by atoms with E-state index in [1.54, 1.807) is 0 Å². The second-order valence-electron chi connectivity index (χ2n) is 6.19. The zero-order valence-corrected chi connectivity index (χ0v) is 12.5. The molecular formula is C15H31N3. The van der Waals surface area contributed by atoms with E-state index in [9.17, 15) is 0 Å². The zero-order chi connectivity index (χ0) is 13.0. The second kappa shape index (κ2) is 6.88. The van der Waals surface area contributed by atoms with Crippen molar-refractivity contribution in [1.29, 1.82) is 0 Å². The smallest absolute Gasteiger partial charge is 0.0224 e. The molecular weight excluding hydrogens is 222 g/mol. The van der Waals surface area contributed by atoms with Gasteiger partial charge in [-0.1, -0.05) is 19.8 Å². The number of fused-ring (bicyclic) bond motifs is 1. The van der Waals surface area contributed by atoms with Gasteiger partial charge in [0.1, 0.15) is 0 Å². The van der Waals surface area contributed by atoms with Crippen molar-refractivity contribution in [3.63, 3.8) is 0 Å². The van der Waals surface area contributed by atoms with E-state index < -0.39 is 0 Å². The summed E-state index contributed by atoms with van der Waals surface area (Å²) in [5.41, 5.74) is 0. The fourth-order valence-corrected chi connectivity index (χ4v) is 3.84. The fraction of sp³-hybridized carbons (Fsp3) is 1.00. The lowest BCUT2D eigenvalue weighted by Crippen LogP contribution is -2.62. The van der Waals surface area contributed by atoms with Crippen LogP contribution in [0.1, 0.15) is 46.0 Å². The van der Waals surface area contributed by atoms with Gasteiger partial charge in [0, 0.05) is 37.8 Å². The number of hydrogen-bond acceptors (Lipinski definition) is 3. The van der Waals surface area contributed by atoms with Crippen LogP contribution in [0.3, 0.4) is 0 Å². The van der Waals surface area contributed by atoms with Crippen LogP contribution >= 0.6 is 0 Å². The maximum Gasteiger partial charge on any atom is 0.0224 e. The molecule has 3 nitrogen and oxygen atoms in total. The molecule has 0 aromatic rings. The van der Waals surface area contributed by atoms with Crippen molar-refractivity contribution in [2.45, 2.75) is 64.1 Å². The van der Waals surface area contributed by atoms with Crippen LogP contribution in [0.25, 0.3) is 0 Å². The van der Waals surface area contributed by atoms with Crippen LogP contribution in [0, 0.1) is 0 Å². The highest BCUT2D eigenvalue weighted by atomic mass is 15.3. The van der Waals surface area contributed by atoms with Gasteiger partial charge in [0.05, 0.1) is 0 Å². The van der Waals surface area contributed by atoms with Gasteiger partial charge in [0.25, 0.3) is 0 Å². The second-order valence-corrected chi connectivity index (χ2v) is 6.19. The number of rotatable bonds is 5. The van der Waals surface area contributed by atoms with E-state index in [1.807, 2.05) is 0 Å². The standard InChI is InChI=1S/C15H31N3/c1-4-7-14(10-16-3)18-12-15-8-5-6-9-17(15)11-13(18)2/h13-16H,4-12H2,1-3H3. The van der Waals surface area contributed by atoms with Crippen LogP contribution in [-0.4, -0.2) is 61.2 Å². The van der Waals surface area contributed by atoms with Crippen LogP contribution in [0.5, 0.6) is 0 Å². The van der Waals surface area contributed by atoms with Crippen LogP contribution < -0.4 is 5.32 Å². The van der Waals surface area contributed by atoms with E-state index in [0.29, 0.717) is 0 Å². The van der Waals surface area contributed by atoms with E-state index in [4.69, 9.17) is 0 Å². The van der Waals surface area contributed by atoms with Crippen molar-refractivity contribution >= 4 is 0 Å². The molecule has 0 aliphatic carbocycles. The summed E-state index contributed by atoms with van der Waals surface area (Å²) in [6.45, 7) is 9.80. The fourth-order valence-electron chi connectivity index (χ4n) is 3.84. The van der Waals surface area contributed by atoms with Crippen molar-refractivity contribution in [3.8, 4) is 0 Å². The molecule has 0 aromatic heterocycles. The third-order valence-electron chi connectivity index (χ3n) is 4.77. The number of likely N-dealkylation sites (N-methyl/N-ethyl adjacent to an activating group) is 1. The Hall–Kier alpha value is -0.120. The summed E-state index contributed by atoms with van der Waals surface area (Å²) in [4.78, 5) is 5.53. The van der Waals surface area contributed by atoms with Gasteiger partial charge in [0.15, 0.2) is 0 Å². The predicted molar refractivity (Wildman–Crippen MR) is 78.0 cm³/mol. The molecule has 0 radical (unpaired) electrons. The molecule has 2 fully saturated rings. The number of piperazine rings is 1. The molecule has 0 spiro atoms. The molecule has 0 aromatic carbocycles. The Bertz CT molecular complexity index is 238. The third-order valence-corrected chi connectivity index (χ3v) is 4.77. The first kappa shape index (κ1) is 14.3. The molecule has 2 rings (SSSR count). The average molecular weight is 253 g/mol. The van der Waals surface area contributed by atoms with Crippen LogP contribution in [0.4, 0.5) is 0 Å². The molecule has 3 unspecified atom stereocenters. The lowest BCUT2D eigenvalue weighted by Gasteiger charge is -2.50. The summed E-state index contributed by atoms with van der Waals surface area (Å²) in [5, 5.41) is 3.39. The molecule has 106 valence electrons. The quantitative estimate of drug-likeness (QED) is 0.808. The summed E-state index contributed by atoms with van der Waals surface area (Å²) in [5.74, 6) is 0.